The van der Waals surface area contributed by atoms with Crippen molar-refractivity contribution >= 4 is 7.60 Å². The van der Waals surface area contributed by atoms with Crippen molar-refractivity contribution in [3.8, 4) is 17.2 Å². The lowest BCUT2D eigenvalue weighted by Gasteiger charge is -2.38. The number of aromatic hydroxyl groups is 1. The van der Waals surface area contributed by atoms with Gasteiger partial charge in [0.25, 0.3) is 0 Å². The maximum absolute atomic E-state index is 14.8. The normalized spacial score (nSPS) is 12.6. The molecule has 0 aliphatic rings. The predicted molar refractivity (Wildman–Crippen MR) is 194 cm³/mol. The summed E-state index contributed by atoms with van der Waals surface area (Å²) in [4.78, 5) is 0. The van der Waals surface area contributed by atoms with Crippen LogP contribution in [0.25, 0.3) is 0 Å². The number of para-hydroxylation sites is 1. The summed E-state index contributed by atoms with van der Waals surface area (Å²) in [5.74, 6) is 1.62. The van der Waals surface area contributed by atoms with Gasteiger partial charge in [0.2, 0.25) is 5.34 Å². The molecule has 0 heterocycles. The van der Waals surface area contributed by atoms with E-state index >= 15 is 0 Å². The number of ether oxygens (including phenoxy) is 1. The van der Waals surface area contributed by atoms with Crippen molar-refractivity contribution in [2.24, 2.45) is 0 Å². The summed E-state index contributed by atoms with van der Waals surface area (Å²) in [6, 6.07) is 23.8. The second-order valence-corrected chi connectivity index (χ2v) is 11.9. The van der Waals surface area contributed by atoms with Crippen LogP contribution in [0.5, 0.6) is 17.2 Å². The van der Waals surface area contributed by atoms with Gasteiger partial charge >= 0.3 is 7.60 Å². The Morgan fingerprint density at radius 3 is 1.64 bits per heavy atom. The van der Waals surface area contributed by atoms with E-state index in [4.69, 9.17) is 13.8 Å². The van der Waals surface area contributed by atoms with E-state index in [1.54, 1.807) is 42.5 Å². The first kappa shape index (κ1) is 41.3. The van der Waals surface area contributed by atoms with E-state index in [-0.39, 0.29) is 11.2 Å². The fourth-order valence-corrected chi connectivity index (χ4v) is 6.49. The maximum Gasteiger partial charge on any atom is 0.474 e. The number of benzene rings is 3. The van der Waals surface area contributed by atoms with Crippen LogP contribution in [0.2, 0.25) is 0 Å². The molecular weight excluding hydrogens is 579 g/mol. The molecule has 248 valence electrons. The van der Waals surface area contributed by atoms with Crippen LogP contribution < -0.4 is 9.05 Å². The first-order valence-electron chi connectivity index (χ1n) is 16.2. The number of hydrogen-bond acceptors (Lipinski definition) is 5. The topological polar surface area (TPSA) is 65.0 Å². The summed E-state index contributed by atoms with van der Waals surface area (Å²) in [6.07, 6.45) is 7.79. The third-order valence-corrected chi connectivity index (χ3v) is 9.58. The Kier molecular flexibility index (Phi) is 19.4. The van der Waals surface area contributed by atoms with E-state index < -0.39 is 12.9 Å². The molecule has 3 aromatic rings. The Labute approximate surface area is 274 Å². The van der Waals surface area contributed by atoms with Crippen LogP contribution in [0.1, 0.15) is 100 Å². The number of phenols is 1. The minimum atomic E-state index is -3.97. The lowest BCUT2D eigenvalue weighted by atomic mass is 9.78. The minimum Gasteiger partial charge on any atom is -0.508 e. The zero-order valence-electron chi connectivity index (χ0n) is 29.5. The highest BCUT2D eigenvalue weighted by Crippen LogP contribution is 2.63. The standard InChI is InChI=1S/C33H39O5P.3C2H6/c1-7-11-15-29(8-2)36-33(9-3,10-4)39(35,37-30-16-13-12-14-17-30)38-31-24-20-27(21-25-31)32(5,6)26-18-22-28(34)23-19-26;3*1-2/h7-8,11-25,34H,1,9-10H2,2-6H3;3*1-2H3/b15-11-,29-8+;;;. The van der Waals surface area contributed by atoms with Crippen LogP contribution in [0, 0.1) is 0 Å². The lowest BCUT2D eigenvalue weighted by molar-refractivity contribution is 0.0524. The number of phenolic OH excluding ortho intramolecular Hbond substituents is 1. The van der Waals surface area contributed by atoms with E-state index in [9.17, 15) is 9.67 Å². The molecule has 3 rings (SSSR count). The van der Waals surface area contributed by atoms with Gasteiger partial charge in [0.05, 0.1) is 0 Å². The van der Waals surface area contributed by atoms with E-state index in [1.807, 2.05) is 123 Å². The molecule has 1 N–H and O–H groups in total. The van der Waals surface area contributed by atoms with Crippen molar-refractivity contribution in [2.75, 3.05) is 0 Å². The van der Waals surface area contributed by atoms with Gasteiger partial charge in [-0.3, -0.25) is 0 Å². The molecule has 5 nitrogen and oxygen atoms in total. The monoisotopic (exact) mass is 636 g/mol. The van der Waals surface area contributed by atoms with Gasteiger partial charge in [0, 0.05) is 5.41 Å². The van der Waals surface area contributed by atoms with Crippen LogP contribution in [0.15, 0.2) is 116 Å². The van der Waals surface area contributed by atoms with E-state index in [0.717, 1.165) is 11.1 Å². The van der Waals surface area contributed by atoms with Crippen molar-refractivity contribution < 1.29 is 23.5 Å². The average Bonchev–Trinajstić information content (AvgIpc) is 3.08. The highest BCUT2D eigenvalue weighted by atomic mass is 31.2. The molecule has 0 aliphatic heterocycles. The van der Waals surface area contributed by atoms with Crippen LogP contribution in [0.3, 0.4) is 0 Å². The fourth-order valence-electron chi connectivity index (χ4n) is 4.33. The summed E-state index contributed by atoms with van der Waals surface area (Å²) in [6.45, 7) is 25.6. The molecule has 1 atom stereocenters. The highest BCUT2D eigenvalue weighted by Gasteiger charge is 2.54. The summed E-state index contributed by atoms with van der Waals surface area (Å²) >= 11 is 0. The van der Waals surface area contributed by atoms with Gasteiger partial charge in [-0.05, 0) is 79.4 Å². The minimum absolute atomic E-state index is 0.228. The maximum atomic E-state index is 14.8. The molecule has 0 aromatic heterocycles. The predicted octanol–water partition coefficient (Wildman–Crippen LogP) is 12.6. The molecule has 1 unspecified atom stereocenters. The zero-order chi connectivity index (χ0) is 34.5. The summed E-state index contributed by atoms with van der Waals surface area (Å²) in [7, 11) is -3.97. The molecule has 0 saturated carbocycles. The third kappa shape index (κ3) is 11.3. The molecule has 0 aliphatic carbocycles. The van der Waals surface area contributed by atoms with E-state index in [1.165, 1.54) is 0 Å². The summed E-state index contributed by atoms with van der Waals surface area (Å²) in [5, 5.41) is 8.44. The van der Waals surface area contributed by atoms with Crippen LogP contribution in [0.4, 0.5) is 0 Å². The Morgan fingerprint density at radius 2 is 1.22 bits per heavy atom. The number of hydrogen-bond donors (Lipinski definition) is 1. The van der Waals surface area contributed by atoms with Gasteiger partial charge in [-0.15, -0.1) is 0 Å². The Bertz CT molecular complexity index is 1320. The smallest absolute Gasteiger partial charge is 0.474 e. The van der Waals surface area contributed by atoms with Crippen molar-refractivity contribution in [1.82, 2.24) is 0 Å². The van der Waals surface area contributed by atoms with Crippen molar-refractivity contribution in [3.05, 3.63) is 127 Å². The molecule has 0 bridgehead atoms. The van der Waals surface area contributed by atoms with Crippen LogP contribution in [-0.4, -0.2) is 10.4 Å². The Hall–Kier alpha value is -3.69. The average molecular weight is 637 g/mol. The number of allylic oxidation sites excluding steroid dienone is 4. The van der Waals surface area contributed by atoms with Gasteiger partial charge in [0.15, 0.2) is 0 Å². The van der Waals surface area contributed by atoms with Gasteiger partial charge in [-0.2, -0.15) is 0 Å². The van der Waals surface area contributed by atoms with Gasteiger partial charge in [-0.25, -0.2) is 4.57 Å². The zero-order valence-corrected chi connectivity index (χ0v) is 30.4. The van der Waals surface area contributed by atoms with Crippen LogP contribution >= 0.6 is 7.60 Å². The third-order valence-electron chi connectivity index (χ3n) is 6.95. The molecule has 3 aromatic carbocycles. The van der Waals surface area contributed by atoms with Crippen molar-refractivity contribution in [1.29, 1.82) is 0 Å². The lowest BCUT2D eigenvalue weighted by Crippen LogP contribution is -2.35. The highest BCUT2D eigenvalue weighted by molar-refractivity contribution is 7.56. The Morgan fingerprint density at radius 1 is 0.778 bits per heavy atom. The SMILES string of the molecule is C=C/C=C\C(=C/C)OC(CC)(CC)P(=O)(Oc1ccccc1)Oc1ccc(C(C)(C)c2ccc(O)cc2)cc1.CC.CC.CC. The largest absolute Gasteiger partial charge is 0.508 e. The second-order valence-electron chi connectivity index (χ2n) is 9.73. The fraction of sp³-hybridized carbons (Fsp3) is 0.385. The van der Waals surface area contributed by atoms with Gasteiger partial charge < -0.3 is 18.9 Å². The Balaban J connectivity index is 0.00000304. The van der Waals surface area contributed by atoms with Gasteiger partial charge in [0.1, 0.15) is 23.0 Å². The second kappa shape index (κ2) is 21.1. The summed E-state index contributed by atoms with van der Waals surface area (Å²) < 4.78 is 33.8. The van der Waals surface area contributed by atoms with E-state index in [0.29, 0.717) is 30.1 Å². The van der Waals surface area contributed by atoms with E-state index in [2.05, 4.69) is 20.4 Å². The van der Waals surface area contributed by atoms with Crippen LogP contribution in [-0.2, 0) is 14.7 Å². The van der Waals surface area contributed by atoms with Gasteiger partial charge in [-0.1, -0.05) is 130 Å². The molecule has 0 fully saturated rings. The molecule has 45 heavy (non-hydrogen) atoms. The first-order valence-corrected chi connectivity index (χ1v) is 17.8. The quantitative estimate of drug-likeness (QED) is 0.115. The molecule has 6 heteroatoms. The molecule has 0 spiro atoms. The van der Waals surface area contributed by atoms with Crippen molar-refractivity contribution in [3.63, 3.8) is 0 Å². The number of rotatable bonds is 13. The molecule has 0 radical (unpaired) electrons. The molecule has 0 amide bonds. The molecule has 0 saturated heterocycles. The molecular formula is C39H57O5P. The summed E-state index contributed by atoms with van der Waals surface area (Å²) in [5.41, 5.74) is 1.77. The first-order chi connectivity index (χ1) is 21.6. The van der Waals surface area contributed by atoms with Crippen molar-refractivity contribution in [2.45, 2.75) is 99.8 Å².